The lowest BCUT2D eigenvalue weighted by atomic mass is 10.1. The number of hydrogen-bond acceptors (Lipinski definition) is 5. The van der Waals surface area contributed by atoms with E-state index < -0.39 is 6.09 Å². The third-order valence-corrected chi connectivity index (χ3v) is 4.23. The molecule has 6 nitrogen and oxygen atoms in total. The molecule has 0 fully saturated rings. The SMILES string of the molecule is CSc1nc2c(c(OCc3ccccc3)n1)CCN(C(=O)O)C2. The van der Waals surface area contributed by atoms with Crippen LogP contribution in [0.1, 0.15) is 16.8 Å². The molecule has 3 rings (SSSR count). The highest BCUT2D eigenvalue weighted by Crippen LogP contribution is 2.28. The summed E-state index contributed by atoms with van der Waals surface area (Å²) in [6.07, 6.45) is 1.53. The summed E-state index contributed by atoms with van der Waals surface area (Å²) in [4.78, 5) is 21.4. The predicted octanol–water partition coefficient (Wildman–Crippen LogP) is 2.81. The van der Waals surface area contributed by atoms with Crippen molar-refractivity contribution < 1.29 is 14.6 Å². The number of carboxylic acid groups (broad SMARTS) is 1. The number of fused-ring (bicyclic) bond motifs is 1. The normalized spacial score (nSPS) is 13.5. The smallest absolute Gasteiger partial charge is 0.407 e. The lowest BCUT2D eigenvalue weighted by Gasteiger charge is -2.26. The van der Waals surface area contributed by atoms with Crippen LogP contribution in [0.2, 0.25) is 0 Å². The summed E-state index contributed by atoms with van der Waals surface area (Å²) in [5.41, 5.74) is 2.71. The summed E-state index contributed by atoms with van der Waals surface area (Å²) in [5.74, 6) is 0.563. The van der Waals surface area contributed by atoms with Crippen molar-refractivity contribution in [3.8, 4) is 5.88 Å². The van der Waals surface area contributed by atoms with E-state index >= 15 is 0 Å². The van der Waals surface area contributed by atoms with Crippen molar-refractivity contribution in [2.45, 2.75) is 24.7 Å². The van der Waals surface area contributed by atoms with Gasteiger partial charge in [-0.05, 0) is 18.2 Å². The number of thioether (sulfide) groups is 1. The summed E-state index contributed by atoms with van der Waals surface area (Å²) < 4.78 is 5.90. The van der Waals surface area contributed by atoms with Gasteiger partial charge in [-0.25, -0.2) is 9.78 Å². The van der Waals surface area contributed by atoms with Crippen molar-refractivity contribution in [3.63, 3.8) is 0 Å². The maximum Gasteiger partial charge on any atom is 0.407 e. The van der Waals surface area contributed by atoms with Gasteiger partial charge in [-0.1, -0.05) is 42.1 Å². The van der Waals surface area contributed by atoms with Crippen LogP contribution in [-0.4, -0.2) is 38.9 Å². The molecule has 120 valence electrons. The first kappa shape index (κ1) is 15.6. The Bertz CT molecular complexity index is 709. The van der Waals surface area contributed by atoms with Crippen LogP contribution in [0.15, 0.2) is 35.5 Å². The van der Waals surface area contributed by atoms with Gasteiger partial charge in [0.2, 0.25) is 5.88 Å². The molecule has 2 heterocycles. The van der Waals surface area contributed by atoms with E-state index in [4.69, 9.17) is 9.84 Å². The average Bonchev–Trinajstić information content (AvgIpc) is 2.59. The van der Waals surface area contributed by atoms with Crippen molar-refractivity contribution >= 4 is 17.9 Å². The zero-order valence-electron chi connectivity index (χ0n) is 12.7. The fraction of sp³-hybridized carbons (Fsp3) is 0.312. The molecule has 0 saturated heterocycles. The Kier molecular flexibility index (Phi) is 4.66. The van der Waals surface area contributed by atoms with Gasteiger partial charge in [0.15, 0.2) is 5.16 Å². The summed E-state index contributed by atoms with van der Waals surface area (Å²) in [6.45, 7) is 1.15. The lowest BCUT2D eigenvalue weighted by molar-refractivity contribution is 0.138. The number of carbonyl (C=O) groups is 1. The van der Waals surface area contributed by atoms with Crippen LogP contribution in [0.25, 0.3) is 0 Å². The fourth-order valence-corrected chi connectivity index (χ4v) is 2.85. The molecule has 0 unspecified atom stereocenters. The first-order valence-electron chi connectivity index (χ1n) is 7.25. The third-order valence-electron chi connectivity index (χ3n) is 3.68. The van der Waals surface area contributed by atoms with Crippen molar-refractivity contribution in [2.24, 2.45) is 0 Å². The van der Waals surface area contributed by atoms with Gasteiger partial charge in [0, 0.05) is 12.1 Å². The van der Waals surface area contributed by atoms with E-state index in [0.717, 1.165) is 16.8 Å². The molecule has 0 saturated carbocycles. The summed E-state index contributed by atoms with van der Waals surface area (Å²) >= 11 is 1.42. The predicted molar refractivity (Wildman–Crippen MR) is 86.7 cm³/mol. The van der Waals surface area contributed by atoms with Gasteiger partial charge in [-0.15, -0.1) is 0 Å². The Morgan fingerprint density at radius 2 is 2.13 bits per heavy atom. The number of rotatable bonds is 4. The largest absolute Gasteiger partial charge is 0.472 e. The molecular weight excluding hydrogens is 314 g/mol. The molecule has 0 spiro atoms. The highest BCUT2D eigenvalue weighted by atomic mass is 32.2. The minimum atomic E-state index is -0.924. The van der Waals surface area contributed by atoms with E-state index in [1.165, 1.54) is 16.7 Å². The van der Waals surface area contributed by atoms with Gasteiger partial charge >= 0.3 is 6.09 Å². The number of amides is 1. The Labute approximate surface area is 138 Å². The van der Waals surface area contributed by atoms with Gasteiger partial charge < -0.3 is 14.7 Å². The quantitative estimate of drug-likeness (QED) is 0.686. The third kappa shape index (κ3) is 3.56. The molecule has 0 radical (unpaired) electrons. The Morgan fingerprint density at radius 1 is 1.35 bits per heavy atom. The topological polar surface area (TPSA) is 75.6 Å². The van der Waals surface area contributed by atoms with Gasteiger partial charge in [0.1, 0.15) is 6.61 Å². The highest BCUT2D eigenvalue weighted by molar-refractivity contribution is 7.98. The number of aromatic nitrogens is 2. The Morgan fingerprint density at radius 3 is 2.83 bits per heavy atom. The van der Waals surface area contributed by atoms with Crippen LogP contribution in [0.3, 0.4) is 0 Å². The lowest BCUT2D eigenvalue weighted by Crippen LogP contribution is -2.35. The van der Waals surface area contributed by atoms with Crippen molar-refractivity contribution in [3.05, 3.63) is 47.2 Å². The van der Waals surface area contributed by atoms with E-state index in [9.17, 15) is 4.79 Å². The van der Waals surface area contributed by atoms with Gasteiger partial charge in [0.25, 0.3) is 0 Å². The first-order chi connectivity index (χ1) is 11.2. The molecule has 1 aromatic heterocycles. The van der Waals surface area contributed by atoms with Crippen LogP contribution in [0.4, 0.5) is 4.79 Å². The molecule has 1 aliphatic heterocycles. The number of benzene rings is 1. The Balaban J connectivity index is 1.85. The van der Waals surface area contributed by atoms with Gasteiger partial charge in [-0.3, -0.25) is 0 Å². The van der Waals surface area contributed by atoms with E-state index in [1.54, 1.807) is 0 Å². The fourth-order valence-electron chi connectivity index (χ4n) is 2.47. The highest BCUT2D eigenvalue weighted by Gasteiger charge is 2.25. The number of ether oxygens (including phenoxy) is 1. The summed E-state index contributed by atoms with van der Waals surface area (Å²) in [7, 11) is 0. The van der Waals surface area contributed by atoms with Crippen LogP contribution in [0, 0.1) is 0 Å². The maximum absolute atomic E-state index is 11.2. The van der Waals surface area contributed by atoms with E-state index in [0.29, 0.717) is 30.6 Å². The summed E-state index contributed by atoms with van der Waals surface area (Å²) in [6, 6.07) is 9.88. The molecule has 1 aromatic carbocycles. The van der Waals surface area contributed by atoms with Gasteiger partial charge in [0.05, 0.1) is 12.2 Å². The van der Waals surface area contributed by atoms with E-state index in [-0.39, 0.29) is 6.54 Å². The summed E-state index contributed by atoms with van der Waals surface area (Å²) in [5, 5.41) is 9.75. The number of hydrogen-bond donors (Lipinski definition) is 1. The van der Waals surface area contributed by atoms with E-state index in [1.807, 2.05) is 36.6 Å². The zero-order chi connectivity index (χ0) is 16.2. The molecule has 1 aliphatic rings. The first-order valence-corrected chi connectivity index (χ1v) is 8.48. The molecule has 1 N–H and O–H groups in total. The van der Waals surface area contributed by atoms with Crippen molar-refractivity contribution in [1.29, 1.82) is 0 Å². The molecule has 1 amide bonds. The van der Waals surface area contributed by atoms with Crippen molar-refractivity contribution in [1.82, 2.24) is 14.9 Å². The zero-order valence-corrected chi connectivity index (χ0v) is 13.5. The molecule has 0 aliphatic carbocycles. The maximum atomic E-state index is 11.2. The van der Waals surface area contributed by atoms with Crippen LogP contribution in [0.5, 0.6) is 5.88 Å². The minimum Gasteiger partial charge on any atom is -0.472 e. The molecule has 23 heavy (non-hydrogen) atoms. The molecule has 2 aromatic rings. The molecule has 0 atom stereocenters. The van der Waals surface area contributed by atoms with Crippen LogP contribution >= 0.6 is 11.8 Å². The van der Waals surface area contributed by atoms with Crippen LogP contribution < -0.4 is 4.74 Å². The van der Waals surface area contributed by atoms with Crippen LogP contribution in [-0.2, 0) is 19.6 Å². The second-order valence-corrected chi connectivity index (χ2v) is 5.94. The molecular formula is C16H17N3O3S. The van der Waals surface area contributed by atoms with Crippen molar-refractivity contribution in [2.75, 3.05) is 12.8 Å². The second-order valence-electron chi connectivity index (χ2n) is 5.17. The second kappa shape index (κ2) is 6.87. The molecule has 7 heteroatoms. The standard InChI is InChI=1S/C16H17N3O3S/c1-23-15-17-13-9-19(16(20)21)8-7-12(13)14(18-15)22-10-11-5-3-2-4-6-11/h2-6H,7-10H2,1H3,(H,20,21). The number of nitrogens with zero attached hydrogens (tertiary/aromatic N) is 3. The molecule has 0 bridgehead atoms. The minimum absolute atomic E-state index is 0.280. The monoisotopic (exact) mass is 331 g/mol. The van der Waals surface area contributed by atoms with Gasteiger partial charge in [-0.2, -0.15) is 4.98 Å². The average molecular weight is 331 g/mol. The Hall–Kier alpha value is -2.28. The van der Waals surface area contributed by atoms with E-state index in [2.05, 4.69) is 9.97 Å².